The van der Waals surface area contributed by atoms with Crippen LogP contribution in [0, 0.1) is 17.8 Å². The summed E-state index contributed by atoms with van der Waals surface area (Å²) in [6.07, 6.45) is 7.53. The molecule has 8 nitrogen and oxygen atoms in total. The lowest BCUT2D eigenvalue weighted by Crippen LogP contribution is -2.60. The Morgan fingerprint density at radius 2 is 1.92 bits per heavy atom. The van der Waals surface area contributed by atoms with Gasteiger partial charge in [-0.1, -0.05) is 26.0 Å². The minimum Gasteiger partial charge on any atom is -0.465 e. The van der Waals surface area contributed by atoms with Crippen molar-refractivity contribution >= 4 is 17.8 Å². The molecular weight excluding hydrogens is 472 g/mol. The smallest absolute Gasteiger partial charge is 0.312 e. The Morgan fingerprint density at radius 1 is 1.22 bits per heavy atom. The van der Waals surface area contributed by atoms with E-state index in [4.69, 9.17) is 9.47 Å². The van der Waals surface area contributed by atoms with Crippen LogP contribution in [0.25, 0.3) is 0 Å². The number of likely N-dealkylation sites (tertiary alicyclic amines) is 1. The van der Waals surface area contributed by atoms with Gasteiger partial charge in [-0.25, -0.2) is 0 Å². The maximum Gasteiger partial charge on any atom is 0.312 e. The van der Waals surface area contributed by atoms with Gasteiger partial charge in [0, 0.05) is 12.6 Å². The van der Waals surface area contributed by atoms with Crippen molar-refractivity contribution in [2.45, 2.75) is 102 Å². The molecule has 0 aromatic carbocycles. The molecule has 3 fully saturated rings. The lowest BCUT2D eigenvalue weighted by atomic mass is 9.66. The summed E-state index contributed by atoms with van der Waals surface area (Å²) in [5.74, 6) is -2.38. The van der Waals surface area contributed by atoms with Gasteiger partial charge in [-0.05, 0) is 65.2 Å². The first-order valence-corrected chi connectivity index (χ1v) is 13.8. The fourth-order valence-corrected chi connectivity index (χ4v) is 6.72. The number of ether oxygens (including phenoxy) is 2. The second-order valence-corrected chi connectivity index (χ2v) is 11.8. The van der Waals surface area contributed by atoms with Gasteiger partial charge in [0.15, 0.2) is 0 Å². The number of aliphatic hydroxyl groups is 1. The van der Waals surface area contributed by atoms with Gasteiger partial charge in [0.2, 0.25) is 11.8 Å². The van der Waals surface area contributed by atoms with Gasteiger partial charge < -0.3 is 24.4 Å². The van der Waals surface area contributed by atoms with Crippen molar-refractivity contribution in [3.8, 4) is 0 Å². The molecule has 0 aromatic heterocycles. The fraction of sp³-hybridized carbons (Fsp3) is 0.759. The minimum atomic E-state index is -1.13. The van der Waals surface area contributed by atoms with Crippen LogP contribution in [-0.4, -0.2) is 81.8 Å². The zero-order valence-corrected chi connectivity index (χ0v) is 23.3. The lowest BCUT2D eigenvalue weighted by molar-refractivity contribution is -0.162. The van der Waals surface area contributed by atoms with E-state index in [9.17, 15) is 19.5 Å². The number of esters is 1. The molecule has 3 aliphatic rings. The number of aliphatic hydroxyl groups excluding tert-OH is 1. The van der Waals surface area contributed by atoms with Crippen molar-refractivity contribution in [2.24, 2.45) is 17.8 Å². The number of carbonyl (C=O) groups excluding carboxylic acids is 3. The number of hydrogen-bond donors (Lipinski definition) is 1. The number of amides is 2. The highest BCUT2D eigenvalue weighted by Gasteiger charge is 2.79. The predicted molar refractivity (Wildman–Crippen MR) is 141 cm³/mol. The molecular formula is C29H46N2O6. The highest BCUT2D eigenvalue weighted by molar-refractivity contribution is 5.98. The molecule has 37 heavy (non-hydrogen) atoms. The van der Waals surface area contributed by atoms with E-state index in [1.807, 2.05) is 40.7 Å². The van der Waals surface area contributed by atoms with Crippen molar-refractivity contribution in [3.63, 3.8) is 0 Å². The van der Waals surface area contributed by atoms with Crippen molar-refractivity contribution in [1.82, 2.24) is 9.80 Å². The molecule has 208 valence electrons. The molecule has 8 heteroatoms. The van der Waals surface area contributed by atoms with Crippen LogP contribution in [0.4, 0.5) is 0 Å². The molecule has 1 N–H and O–H groups in total. The van der Waals surface area contributed by atoms with Gasteiger partial charge >= 0.3 is 5.97 Å². The Balaban J connectivity index is 2.02. The molecule has 3 heterocycles. The zero-order chi connectivity index (χ0) is 27.5. The first-order valence-electron chi connectivity index (χ1n) is 13.8. The van der Waals surface area contributed by atoms with Crippen LogP contribution < -0.4 is 0 Å². The summed E-state index contributed by atoms with van der Waals surface area (Å²) in [6.45, 7) is 17.6. The summed E-state index contributed by atoms with van der Waals surface area (Å²) in [6, 6.07) is -1.60. The van der Waals surface area contributed by atoms with Crippen LogP contribution in [0.1, 0.15) is 73.1 Å². The average molecular weight is 519 g/mol. The molecule has 3 saturated heterocycles. The molecule has 6 atom stereocenters. The summed E-state index contributed by atoms with van der Waals surface area (Å²) < 4.78 is 12.3. The largest absolute Gasteiger partial charge is 0.465 e. The quantitative estimate of drug-likeness (QED) is 0.215. The van der Waals surface area contributed by atoms with Crippen LogP contribution in [0.2, 0.25) is 0 Å². The summed E-state index contributed by atoms with van der Waals surface area (Å²) in [4.78, 5) is 45.1. The van der Waals surface area contributed by atoms with Gasteiger partial charge in [0.05, 0.1) is 30.8 Å². The molecule has 2 unspecified atom stereocenters. The summed E-state index contributed by atoms with van der Waals surface area (Å²) >= 11 is 0. The number of unbranched alkanes of at least 4 members (excludes halogenated alkanes) is 2. The van der Waals surface area contributed by atoms with Crippen molar-refractivity contribution in [3.05, 3.63) is 25.3 Å². The number of allylic oxidation sites excluding steroid dienone is 1. The second kappa shape index (κ2) is 11.7. The van der Waals surface area contributed by atoms with Gasteiger partial charge in [-0.2, -0.15) is 0 Å². The van der Waals surface area contributed by atoms with E-state index < -0.39 is 41.1 Å². The van der Waals surface area contributed by atoms with Gasteiger partial charge in [0.25, 0.3) is 0 Å². The third-order valence-electron chi connectivity index (χ3n) is 8.33. The molecule has 0 aromatic rings. The maximum absolute atomic E-state index is 14.2. The monoisotopic (exact) mass is 518 g/mol. The Hall–Kier alpha value is -2.19. The van der Waals surface area contributed by atoms with Gasteiger partial charge in [0.1, 0.15) is 17.6 Å². The highest BCUT2D eigenvalue weighted by atomic mass is 16.6. The van der Waals surface area contributed by atoms with Crippen LogP contribution in [0.15, 0.2) is 25.3 Å². The first-order chi connectivity index (χ1) is 17.5. The minimum absolute atomic E-state index is 0.124. The van der Waals surface area contributed by atoms with E-state index in [0.29, 0.717) is 32.2 Å². The number of fused-ring (bicyclic) bond motifs is 1. The van der Waals surface area contributed by atoms with E-state index in [0.717, 1.165) is 12.8 Å². The fourth-order valence-electron chi connectivity index (χ4n) is 6.72. The van der Waals surface area contributed by atoms with Crippen LogP contribution in [0.5, 0.6) is 0 Å². The van der Waals surface area contributed by atoms with Crippen LogP contribution >= 0.6 is 0 Å². The van der Waals surface area contributed by atoms with Crippen LogP contribution in [-0.2, 0) is 23.9 Å². The third kappa shape index (κ3) is 5.24. The standard InChI is InChI=1S/C29H46N2O6/c1-8-10-11-12-16-36-27(35)23-22-25(33)31(21(18-32)17-19(3)4)24(26(34)30(15-9-2)20(5)6)29(22)14-13-28(23,7)37-29/h8-9,19-24,32H,1-2,10-18H2,3-7H3/t21-,22+,23-,24?,28+,29?/m1/s1. The number of rotatable bonds is 14. The third-order valence-corrected chi connectivity index (χ3v) is 8.33. The van der Waals surface area contributed by atoms with E-state index in [-0.39, 0.29) is 37.0 Å². The molecule has 0 saturated carbocycles. The van der Waals surface area contributed by atoms with Crippen molar-refractivity contribution in [2.75, 3.05) is 19.8 Å². The van der Waals surface area contributed by atoms with Gasteiger partial charge in [-0.15, -0.1) is 13.2 Å². The molecule has 3 aliphatic heterocycles. The maximum atomic E-state index is 14.2. The number of carbonyl (C=O) groups is 3. The summed E-state index contributed by atoms with van der Waals surface area (Å²) in [7, 11) is 0. The Morgan fingerprint density at radius 3 is 2.49 bits per heavy atom. The molecule has 1 spiro atoms. The second-order valence-electron chi connectivity index (χ2n) is 11.8. The topological polar surface area (TPSA) is 96.4 Å². The lowest BCUT2D eigenvalue weighted by Gasteiger charge is -2.40. The molecule has 0 radical (unpaired) electrons. The normalized spacial score (nSPS) is 31.1. The van der Waals surface area contributed by atoms with Crippen molar-refractivity contribution in [1.29, 1.82) is 0 Å². The van der Waals surface area contributed by atoms with E-state index in [2.05, 4.69) is 13.2 Å². The Bertz CT molecular complexity index is 888. The summed E-state index contributed by atoms with van der Waals surface area (Å²) in [5, 5.41) is 10.4. The van der Waals surface area contributed by atoms with E-state index in [1.165, 1.54) is 0 Å². The molecule has 3 rings (SSSR count). The number of nitrogens with zero attached hydrogens (tertiary/aromatic N) is 2. The SMILES string of the molecule is C=CCCCCOC(=O)[C@H]1[C@H]2C(=O)N([C@@H](CO)CC(C)C)C(C(=O)N(CC=C)C(C)C)C23CC[C@]1(C)O3. The summed E-state index contributed by atoms with van der Waals surface area (Å²) in [5.41, 5.74) is -2.01. The van der Waals surface area contributed by atoms with Gasteiger partial charge in [-0.3, -0.25) is 14.4 Å². The van der Waals surface area contributed by atoms with Crippen LogP contribution in [0.3, 0.4) is 0 Å². The predicted octanol–water partition coefficient (Wildman–Crippen LogP) is 3.48. The van der Waals surface area contributed by atoms with E-state index in [1.54, 1.807) is 15.9 Å². The molecule has 0 aliphatic carbocycles. The number of hydrogen-bond acceptors (Lipinski definition) is 6. The average Bonchev–Trinajstić information content (AvgIpc) is 3.40. The first kappa shape index (κ1) is 29.4. The zero-order valence-electron chi connectivity index (χ0n) is 23.3. The van der Waals surface area contributed by atoms with Crippen molar-refractivity contribution < 1.29 is 29.0 Å². The Kier molecular flexibility index (Phi) is 9.27. The molecule has 2 amide bonds. The molecule has 2 bridgehead atoms. The highest BCUT2D eigenvalue weighted by Crippen LogP contribution is 2.63. The Labute approximate surface area is 222 Å². The van der Waals surface area contributed by atoms with E-state index >= 15 is 0 Å².